The maximum atomic E-state index is 12.7. The highest BCUT2D eigenvalue weighted by molar-refractivity contribution is 9.10. The maximum absolute atomic E-state index is 12.7. The first-order valence-electron chi connectivity index (χ1n) is 6.83. The van der Waals surface area contributed by atoms with E-state index in [-0.39, 0.29) is 5.91 Å². The standard InChI is InChI=1S/C15H19BrN2OS/c1-10-5-6-11(16)12(9-10)18-14(19)15(13(17)20)7-3-2-4-8-15/h5-6,9H,2-4,7-8H2,1H3,(H2,17,20)(H,18,19). The molecule has 3 nitrogen and oxygen atoms in total. The summed E-state index contributed by atoms with van der Waals surface area (Å²) in [5.41, 5.74) is 7.07. The first-order valence-corrected chi connectivity index (χ1v) is 8.03. The van der Waals surface area contributed by atoms with E-state index in [9.17, 15) is 4.79 Å². The van der Waals surface area contributed by atoms with Crippen LogP contribution in [0.2, 0.25) is 0 Å². The summed E-state index contributed by atoms with van der Waals surface area (Å²) in [6.07, 6.45) is 4.64. The summed E-state index contributed by atoms with van der Waals surface area (Å²) in [4.78, 5) is 13.0. The van der Waals surface area contributed by atoms with E-state index in [0.29, 0.717) is 4.99 Å². The van der Waals surface area contributed by atoms with Gasteiger partial charge in [0.1, 0.15) is 0 Å². The van der Waals surface area contributed by atoms with Crippen molar-refractivity contribution in [2.45, 2.75) is 39.0 Å². The normalized spacial score (nSPS) is 17.5. The molecule has 5 heteroatoms. The zero-order chi connectivity index (χ0) is 14.8. The second-order valence-corrected chi connectivity index (χ2v) is 6.74. The minimum absolute atomic E-state index is 0.0731. The third-order valence-electron chi connectivity index (χ3n) is 3.98. The smallest absolute Gasteiger partial charge is 0.237 e. The van der Waals surface area contributed by atoms with Crippen LogP contribution in [-0.2, 0) is 4.79 Å². The Morgan fingerprint density at radius 2 is 2.00 bits per heavy atom. The topological polar surface area (TPSA) is 55.1 Å². The number of rotatable bonds is 3. The molecule has 0 spiro atoms. The SMILES string of the molecule is Cc1ccc(Br)c(NC(=O)C2(C(N)=S)CCCCC2)c1. The van der Waals surface area contributed by atoms with Gasteiger partial charge in [0, 0.05) is 4.47 Å². The number of anilines is 1. The number of carbonyl (C=O) groups is 1. The third-order valence-corrected chi connectivity index (χ3v) is 5.07. The van der Waals surface area contributed by atoms with Gasteiger partial charge in [-0.2, -0.15) is 0 Å². The third kappa shape index (κ3) is 3.04. The number of hydrogen-bond acceptors (Lipinski definition) is 2. The summed E-state index contributed by atoms with van der Waals surface area (Å²) < 4.78 is 0.866. The molecule has 1 aromatic rings. The van der Waals surface area contributed by atoms with Crippen molar-refractivity contribution in [1.82, 2.24) is 0 Å². The molecule has 20 heavy (non-hydrogen) atoms. The van der Waals surface area contributed by atoms with Gasteiger partial charge in [-0.3, -0.25) is 4.79 Å². The Morgan fingerprint density at radius 1 is 1.35 bits per heavy atom. The quantitative estimate of drug-likeness (QED) is 0.808. The average molecular weight is 355 g/mol. The minimum atomic E-state index is -0.684. The molecule has 0 aromatic heterocycles. The number of nitrogens with one attached hydrogen (secondary N) is 1. The number of thiocarbonyl (C=S) groups is 1. The Kier molecular flexibility index (Phi) is 4.81. The number of benzene rings is 1. The maximum Gasteiger partial charge on any atom is 0.237 e. The lowest BCUT2D eigenvalue weighted by Crippen LogP contribution is -2.47. The van der Waals surface area contributed by atoms with Crippen LogP contribution in [0.3, 0.4) is 0 Å². The van der Waals surface area contributed by atoms with Gasteiger partial charge < -0.3 is 11.1 Å². The Hall–Kier alpha value is -0.940. The molecule has 0 heterocycles. The lowest BCUT2D eigenvalue weighted by Gasteiger charge is -2.34. The second-order valence-electron chi connectivity index (χ2n) is 5.44. The molecule has 108 valence electrons. The lowest BCUT2D eigenvalue weighted by molar-refractivity contribution is -0.123. The van der Waals surface area contributed by atoms with Crippen molar-refractivity contribution in [2.75, 3.05) is 5.32 Å². The molecule has 3 N–H and O–H groups in total. The van der Waals surface area contributed by atoms with Gasteiger partial charge in [-0.25, -0.2) is 0 Å². The molecular formula is C15H19BrN2OS. The number of aryl methyl sites for hydroxylation is 1. The first kappa shape index (κ1) is 15.4. The molecular weight excluding hydrogens is 336 g/mol. The van der Waals surface area contributed by atoms with Gasteiger partial charge in [-0.05, 0) is 53.4 Å². The molecule has 0 aliphatic heterocycles. The van der Waals surface area contributed by atoms with Crippen LogP contribution in [0.25, 0.3) is 0 Å². The summed E-state index contributed by atoms with van der Waals surface area (Å²) in [6.45, 7) is 1.99. The van der Waals surface area contributed by atoms with Crippen LogP contribution in [0, 0.1) is 12.3 Å². The van der Waals surface area contributed by atoms with Gasteiger partial charge in [-0.15, -0.1) is 0 Å². The van der Waals surface area contributed by atoms with Gasteiger partial charge in [0.05, 0.1) is 16.1 Å². The number of nitrogens with two attached hydrogens (primary N) is 1. The van der Waals surface area contributed by atoms with E-state index in [1.165, 1.54) is 0 Å². The number of carbonyl (C=O) groups excluding carboxylic acids is 1. The minimum Gasteiger partial charge on any atom is -0.392 e. The molecule has 1 aromatic carbocycles. The summed E-state index contributed by atoms with van der Waals surface area (Å²) in [5, 5.41) is 2.99. The van der Waals surface area contributed by atoms with Crippen LogP contribution in [0.15, 0.2) is 22.7 Å². The molecule has 0 saturated heterocycles. The predicted octanol–water partition coefficient (Wildman–Crippen LogP) is 3.93. The molecule has 1 aliphatic carbocycles. The highest BCUT2D eigenvalue weighted by Crippen LogP contribution is 2.38. The van der Waals surface area contributed by atoms with Crippen LogP contribution in [-0.4, -0.2) is 10.9 Å². The Bertz CT molecular complexity index is 539. The van der Waals surface area contributed by atoms with E-state index in [1.54, 1.807) is 0 Å². The van der Waals surface area contributed by atoms with Crippen molar-refractivity contribution in [3.8, 4) is 0 Å². The summed E-state index contributed by atoms with van der Waals surface area (Å²) in [6, 6.07) is 5.86. The number of amides is 1. The fourth-order valence-corrected chi connectivity index (χ4v) is 3.36. The van der Waals surface area contributed by atoms with Gasteiger partial charge in [0.25, 0.3) is 0 Å². The van der Waals surface area contributed by atoms with E-state index in [0.717, 1.165) is 47.8 Å². The summed E-state index contributed by atoms with van der Waals surface area (Å²) >= 11 is 8.64. The van der Waals surface area contributed by atoms with Crippen molar-refractivity contribution < 1.29 is 4.79 Å². The number of hydrogen-bond donors (Lipinski definition) is 2. The first-order chi connectivity index (χ1) is 9.45. The Labute approximate surface area is 133 Å². The Balaban J connectivity index is 2.25. The summed E-state index contributed by atoms with van der Waals surface area (Å²) in [5.74, 6) is -0.0731. The lowest BCUT2D eigenvalue weighted by atomic mass is 9.73. The highest BCUT2D eigenvalue weighted by atomic mass is 79.9. The van der Waals surface area contributed by atoms with Crippen molar-refractivity contribution in [3.63, 3.8) is 0 Å². The molecule has 1 saturated carbocycles. The molecule has 2 rings (SSSR count). The molecule has 0 bridgehead atoms. The van der Waals surface area contributed by atoms with Crippen molar-refractivity contribution in [1.29, 1.82) is 0 Å². The fourth-order valence-electron chi connectivity index (χ4n) is 2.72. The molecule has 0 atom stereocenters. The molecule has 0 unspecified atom stereocenters. The number of halogens is 1. The van der Waals surface area contributed by atoms with Gasteiger partial charge in [0.2, 0.25) is 5.91 Å². The Morgan fingerprint density at radius 3 is 2.60 bits per heavy atom. The van der Waals surface area contributed by atoms with Crippen LogP contribution >= 0.6 is 28.1 Å². The molecule has 1 amide bonds. The van der Waals surface area contributed by atoms with E-state index in [4.69, 9.17) is 18.0 Å². The second kappa shape index (κ2) is 6.22. The molecule has 0 radical (unpaired) electrons. The van der Waals surface area contributed by atoms with Crippen molar-refractivity contribution >= 4 is 44.7 Å². The molecule has 1 fully saturated rings. The van der Waals surface area contributed by atoms with Crippen LogP contribution in [0.1, 0.15) is 37.7 Å². The van der Waals surface area contributed by atoms with Gasteiger partial charge >= 0.3 is 0 Å². The average Bonchev–Trinajstić information content (AvgIpc) is 2.43. The van der Waals surface area contributed by atoms with E-state index in [2.05, 4.69) is 21.2 Å². The van der Waals surface area contributed by atoms with Crippen molar-refractivity contribution in [3.05, 3.63) is 28.2 Å². The predicted molar refractivity (Wildman–Crippen MR) is 89.8 cm³/mol. The summed E-state index contributed by atoms with van der Waals surface area (Å²) in [7, 11) is 0. The zero-order valence-electron chi connectivity index (χ0n) is 11.5. The molecule has 1 aliphatic rings. The monoisotopic (exact) mass is 354 g/mol. The van der Waals surface area contributed by atoms with Crippen LogP contribution in [0.5, 0.6) is 0 Å². The van der Waals surface area contributed by atoms with Gasteiger partial charge in [-0.1, -0.05) is 37.5 Å². The van der Waals surface area contributed by atoms with E-state index >= 15 is 0 Å². The fraction of sp³-hybridized carbons (Fsp3) is 0.467. The van der Waals surface area contributed by atoms with Gasteiger partial charge in [0.15, 0.2) is 0 Å². The largest absolute Gasteiger partial charge is 0.392 e. The van der Waals surface area contributed by atoms with Crippen LogP contribution in [0.4, 0.5) is 5.69 Å². The van der Waals surface area contributed by atoms with E-state index in [1.807, 2.05) is 25.1 Å². The highest BCUT2D eigenvalue weighted by Gasteiger charge is 2.42. The zero-order valence-corrected chi connectivity index (χ0v) is 13.9. The van der Waals surface area contributed by atoms with Crippen LogP contribution < -0.4 is 11.1 Å². The van der Waals surface area contributed by atoms with E-state index < -0.39 is 5.41 Å². The van der Waals surface area contributed by atoms with Crippen molar-refractivity contribution in [2.24, 2.45) is 11.1 Å².